The van der Waals surface area contributed by atoms with Crippen LogP contribution in [0.4, 0.5) is 5.69 Å². The summed E-state index contributed by atoms with van der Waals surface area (Å²) in [6.07, 6.45) is 0. The minimum Gasteiger partial charge on any atom is -0.508 e. The van der Waals surface area contributed by atoms with Crippen molar-refractivity contribution in [2.24, 2.45) is 0 Å². The zero-order valence-electron chi connectivity index (χ0n) is 17.3. The van der Waals surface area contributed by atoms with Gasteiger partial charge in [-0.3, -0.25) is 15.0 Å². The first-order chi connectivity index (χ1) is 13.8. The molecule has 0 atom stereocenters. The molecule has 0 saturated carbocycles. The summed E-state index contributed by atoms with van der Waals surface area (Å²) in [6.45, 7) is 6.70. The number of benzene rings is 2. The molecule has 0 unspecified atom stereocenters. The molecule has 7 heteroatoms. The molecule has 0 saturated heterocycles. The van der Waals surface area contributed by atoms with Gasteiger partial charge in [0, 0.05) is 25.2 Å². The highest BCUT2D eigenvalue weighted by Gasteiger charge is 2.21. The molecule has 3 rings (SSSR count). The number of ether oxygens (including phenoxy) is 1. The van der Waals surface area contributed by atoms with E-state index in [2.05, 4.69) is 10.2 Å². The Morgan fingerprint density at radius 1 is 1.10 bits per heavy atom. The van der Waals surface area contributed by atoms with Gasteiger partial charge in [0.05, 0.1) is 24.1 Å². The molecule has 0 aliphatic heterocycles. The predicted molar refractivity (Wildman–Crippen MR) is 115 cm³/mol. The van der Waals surface area contributed by atoms with Crippen LogP contribution in [0.5, 0.6) is 17.2 Å². The topological polar surface area (TPSA) is 102 Å². The first kappa shape index (κ1) is 20.4. The second-order valence-corrected chi connectivity index (χ2v) is 7.31. The fourth-order valence-electron chi connectivity index (χ4n) is 3.41. The van der Waals surface area contributed by atoms with E-state index in [1.165, 1.54) is 6.07 Å². The molecule has 4 N–H and O–H groups in total. The Morgan fingerprint density at radius 3 is 2.45 bits per heavy atom. The first-order valence-electron chi connectivity index (χ1n) is 9.54. The van der Waals surface area contributed by atoms with Crippen molar-refractivity contribution in [3.05, 3.63) is 46.2 Å². The molecule has 0 fully saturated rings. The third-order valence-corrected chi connectivity index (χ3v) is 5.17. The van der Waals surface area contributed by atoms with Gasteiger partial charge in [-0.15, -0.1) is 0 Å². The largest absolute Gasteiger partial charge is 0.508 e. The number of phenolic OH excluding ortho intramolecular Hbond substituents is 2. The number of hydrogen-bond donors (Lipinski definition) is 4. The van der Waals surface area contributed by atoms with Crippen molar-refractivity contribution in [3.8, 4) is 39.6 Å². The van der Waals surface area contributed by atoms with E-state index >= 15 is 0 Å². The van der Waals surface area contributed by atoms with Crippen LogP contribution in [0.15, 0.2) is 35.1 Å². The summed E-state index contributed by atoms with van der Waals surface area (Å²) < 4.78 is 5.46. The van der Waals surface area contributed by atoms with E-state index in [0.29, 0.717) is 33.7 Å². The lowest BCUT2D eigenvalue weighted by Crippen LogP contribution is -2.16. The molecule has 3 aromatic rings. The van der Waals surface area contributed by atoms with Crippen molar-refractivity contribution in [2.45, 2.75) is 26.7 Å². The molecule has 0 aliphatic rings. The number of rotatable bonds is 6. The molecule has 29 heavy (non-hydrogen) atoms. The molecule has 0 aliphatic carbocycles. The molecule has 0 spiro atoms. The summed E-state index contributed by atoms with van der Waals surface area (Å²) in [4.78, 5) is 14.7. The smallest absolute Gasteiger partial charge is 0.272 e. The van der Waals surface area contributed by atoms with Crippen LogP contribution in [-0.2, 0) is 0 Å². The fourth-order valence-corrected chi connectivity index (χ4v) is 3.41. The highest BCUT2D eigenvalue weighted by molar-refractivity contribution is 5.85. The Kier molecular flexibility index (Phi) is 5.59. The highest BCUT2D eigenvalue weighted by Crippen LogP contribution is 2.41. The predicted octanol–water partition coefficient (Wildman–Crippen LogP) is 4.04. The van der Waals surface area contributed by atoms with E-state index in [1.54, 1.807) is 13.2 Å². The standard InChI is InChI=1S/C22H27N3O4/c1-6-25(4)16-9-13(7-8-19(16)29-5)20-21(23-24-22(20)28)15-10-14(12(2)3)17(26)11-18(15)27/h7-12,26-27H,6H2,1-5H3,(H2,23,24,28). The van der Waals surface area contributed by atoms with Crippen molar-refractivity contribution in [2.75, 3.05) is 25.6 Å². The zero-order chi connectivity index (χ0) is 21.3. The number of aromatic amines is 2. The number of aromatic nitrogens is 2. The van der Waals surface area contributed by atoms with Crippen LogP contribution < -0.4 is 15.2 Å². The van der Waals surface area contributed by atoms with Crippen LogP contribution in [0.3, 0.4) is 0 Å². The van der Waals surface area contributed by atoms with Gasteiger partial charge in [-0.05, 0) is 42.2 Å². The van der Waals surface area contributed by atoms with E-state index in [9.17, 15) is 15.0 Å². The maximum absolute atomic E-state index is 12.7. The van der Waals surface area contributed by atoms with E-state index in [0.717, 1.165) is 12.2 Å². The second-order valence-electron chi connectivity index (χ2n) is 7.31. The number of anilines is 1. The average Bonchev–Trinajstić information content (AvgIpc) is 3.07. The molecule has 154 valence electrons. The molecule has 0 amide bonds. The van der Waals surface area contributed by atoms with Crippen LogP contribution >= 0.6 is 0 Å². The van der Waals surface area contributed by atoms with Crippen LogP contribution in [0.1, 0.15) is 32.3 Å². The Balaban J connectivity index is 2.23. The maximum Gasteiger partial charge on any atom is 0.272 e. The number of phenols is 2. The number of H-pyrrole nitrogens is 2. The second kappa shape index (κ2) is 7.95. The minimum atomic E-state index is -0.297. The maximum atomic E-state index is 12.7. The minimum absolute atomic E-state index is 0.0250. The monoisotopic (exact) mass is 397 g/mol. The third-order valence-electron chi connectivity index (χ3n) is 5.17. The van der Waals surface area contributed by atoms with Crippen LogP contribution in [0.25, 0.3) is 22.4 Å². The van der Waals surface area contributed by atoms with Crippen molar-refractivity contribution in [3.63, 3.8) is 0 Å². The van der Waals surface area contributed by atoms with Gasteiger partial charge in [0.1, 0.15) is 17.2 Å². The molecule has 1 aromatic heterocycles. The van der Waals surface area contributed by atoms with E-state index in [-0.39, 0.29) is 23.0 Å². The lowest BCUT2D eigenvalue weighted by molar-refractivity contribution is 0.415. The van der Waals surface area contributed by atoms with Crippen LogP contribution in [0, 0.1) is 0 Å². The molecule has 2 aromatic carbocycles. The van der Waals surface area contributed by atoms with Gasteiger partial charge in [-0.1, -0.05) is 19.9 Å². The first-order valence-corrected chi connectivity index (χ1v) is 9.54. The summed E-state index contributed by atoms with van der Waals surface area (Å²) in [5, 5.41) is 26.1. The molecule has 0 radical (unpaired) electrons. The third kappa shape index (κ3) is 3.68. The highest BCUT2D eigenvalue weighted by atomic mass is 16.5. The Hall–Kier alpha value is -3.35. The summed E-state index contributed by atoms with van der Waals surface area (Å²) in [7, 11) is 3.56. The summed E-state index contributed by atoms with van der Waals surface area (Å²) >= 11 is 0. The molecular weight excluding hydrogens is 370 g/mol. The Bertz CT molecular complexity index is 1080. The zero-order valence-corrected chi connectivity index (χ0v) is 17.3. The van der Waals surface area contributed by atoms with Crippen molar-refractivity contribution < 1.29 is 14.9 Å². The van der Waals surface area contributed by atoms with Crippen LogP contribution in [0.2, 0.25) is 0 Å². The van der Waals surface area contributed by atoms with Gasteiger partial charge in [0.25, 0.3) is 5.56 Å². The van der Waals surface area contributed by atoms with E-state index < -0.39 is 0 Å². The van der Waals surface area contributed by atoms with Gasteiger partial charge in [-0.2, -0.15) is 0 Å². The lowest BCUT2D eigenvalue weighted by Gasteiger charge is -2.21. The van der Waals surface area contributed by atoms with Gasteiger partial charge >= 0.3 is 0 Å². The van der Waals surface area contributed by atoms with Gasteiger partial charge < -0.3 is 19.8 Å². The van der Waals surface area contributed by atoms with Gasteiger partial charge in [0.15, 0.2) is 0 Å². The summed E-state index contributed by atoms with van der Waals surface area (Å²) in [6, 6.07) is 8.55. The fraction of sp³-hybridized carbons (Fsp3) is 0.318. The lowest BCUT2D eigenvalue weighted by atomic mass is 9.94. The normalized spacial score (nSPS) is 11.1. The van der Waals surface area contributed by atoms with E-state index in [1.807, 2.05) is 50.9 Å². The van der Waals surface area contributed by atoms with Crippen LogP contribution in [-0.4, -0.2) is 41.1 Å². The Labute approximate surface area is 169 Å². The SMILES string of the molecule is CCN(C)c1cc(-c2c(-c3cc(C(C)C)c(O)cc3O)[nH][nH]c2=O)ccc1OC. The number of nitrogens with one attached hydrogen (secondary N) is 2. The molecule has 0 bridgehead atoms. The van der Waals surface area contributed by atoms with Crippen molar-refractivity contribution in [1.29, 1.82) is 0 Å². The molecule has 1 heterocycles. The summed E-state index contributed by atoms with van der Waals surface area (Å²) in [5.41, 5.74) is 3.26. The van der Waals surface area contributed by atoms with Crippen molar-refractivity contribution in [1.82, 2.24) is 10.2 Å². The number of hydrogen-bond acceptors (Lipinski definition) is 5. The Morgan fingerprint density at radius 2 is 1.83 bits per heavy atom. The number of nitrogens with zero attached hydrogens (tertiary/aromatic N) is 1. The van der Waals surface area contributed by atoms with E-state index in [4.69, 9.17) is 4.74 Å². The summed E-state index contributed by atoms with van der Waals surface area (Å²) in [5.74, 6) is 0.676. The van der Waals surface area contributed by atoms with Gasteiger partial charge in [0.2, 0.25) is 0 Å². The molecular formula is C22H27N3O4. The quantitative estimate of drug-likeness (QED) is 0.503. The number of aromatic hydroxyl groups is 2. The number of methoxy groups -OCH3 is 1. The van der Waals surface area contributed by atoms with Crippen molar-refractivity contribution >= 4 is 5.69 Å². The molecule has 7 nitrogen and oxygen atoms in total. The van der Waals surface area contributed by atoms with Gasteiger partial charge in [-0.25, -0.2) is 0 Å². The average molecular weight is 397 g/mol.